The molecule has 3 atom stereocenters. The van der Waals surface area contributed by atoms with Crippen LogP contribution in [0.3, 0.4) is 0 Å². The fourth-order valence-corrected chi connectivity index (χ4v) is 3.58. The SMILES string of the molecule is CC1CN(C(O)c2ccc(C(C)(C)C)s2)CC(C)O1. The van der Waals surface area contributed by atoms with Gasteiger partial charge in [0.1, 0.15) is 6.23 Å². The monoisotopic (exact) mass is 283 g/mol. The van der Waals surface area contributed by atoms with Crippen LogP contribution in [-0.2, 0) is 10.2 Å². The highest BCUT2D eigenvalue weighted by atomic mass is 32.1. The summed E-state index contributed by atoms with van der Waals surface area (Å²) in [4.78, 5) is 4.46. The van der Waals surface area contributed by atoms with E-state index in [2.05, 4.69) is 51.7 Å². The van der Waals surface area contributed by atoms with Gasteiger partial charge in [0.2, 0.25) is 0 Å². The highest BCUT2D eigenvalue weighted by molar-refractivity contribution is 7.12. The molecule has 4 heteroatoms. The molecule has 0 aromatic carbocycles. The molecule has 2 rings (SSSR count). The molecule has 108 valence electrons. The molecule has 0 amide bonds. The van der Waals surface area contributed by atoms with E-state index in [0.29, 0.717) is 0 Å². The van der Waals surface area contributed by atoms with Crippen molar-refractivity contribution in [2.45, 2.75) is 58.5 Å². The zero-order chi connectivity index (χ0) is 14.2. The third-order valence-corrected chi connectivity index (χ3v) is 4.97. The van der Waals surface area contributed by atoms with E-state index >= 15 is 0 Å². The molecule has 1 fully saturated rings. The Morgan fingerprint density at radius 3 is 2.32 bits per heavy atom. The zero-order valence-corrected chi connectivity index (χ0v) is 13.3. The van der Waals surface area contributed by atoms with Crippen molar-refractivity contribution in [3.8, 4) is 0 Å². The summed E-state index contributed by atoms with van der Waals surface area (Å²) in [6.07, 6.45) is -0.143. The fourth-order valence-electron chi connectivity index (χ4n) is 2.49. The number of thiophene rings is 1. The van der Waals surface area contributed by atoms with Gasteiger partial charge >= 0.3 is 0 Å². The topological polar surface area (TPSA) is 32.7 Å². The van der Waals surface area contributed by atoms with E-state index in [9.17, 15) is 5.11 Å². The molecule has 0 saturated carbocycles. The fraction of sp³-hybridized carbons (Fsp3) is 0.733. The minimum atomic E-state index is -0.505. The van der Waals surface area contributed by atoms with Crippen LogP contribution < -0.4 is 0 Å². The van der Waals surface area contributed by atoms with Crippen molar-refractivity contribution in [2.75, 3.05) is 13.1 Å². The second kappa shape index (κ2) is 5.52. The lowest BCUT2D eigenvalue weighted by Gasteiger charge is -2.37. The molecule has 1 aliphatic rings. The minimum absolute atomic E-state index is 0.147. The first kappa shape index (κ1) is 15.0. The summed E-state index contributed by atoms with van der Waals surface area (Å²) in [6, 6.07) is 4.19. The summed E-state index contributed by atoms with van der Waals surface area (Å²) in [7, 11) is 0. The van der Waals surface area contributed by atoms with E-state index in [0.717, 1.165) is 18.0 Å². The van der Waals surface area contributed by atoms with E-state index in [1.807, 2.05) is 0 Å². The molecular weight excluding hydrogens is 258 g/mol. The van der Waals surface area contributed by atoms with E-state index < -0.39 is 6.23 Å². The van der Waals surface area contributed by atoms with Crippen LogP contribution in [0.5, 0.6) is 0 Å². The van der Waals surface area contributed by atoms with Crippen LogP contribution in [-0.4, -0.2) is 35.3 Å². The lowest BCUT2D eigenvalue weighted by atomic mass is 9.95. The van der Waals surface area contributed by atoms with Gasteiger partial charge in [0, 0.05) is 22.8 Å². The van der Waals surface area contributed by atoms with Crippen LogP contribution in [0.4, 0.5) is 0 Å². The second-order valence-corrected chi connectivity index (χ2v) is 7.65. The average Bonchev–Trinajstić information content (AvgIpc) is 2.75. The molecule has 1 N–H and O–H groups in total. The van der Waals surface area contributed by atoms with E-state index in [4.69, 9.17) is 4.74 Å². The maximum absolute atomic E-state index is 10.5. The van der Waals surface area contributed by atoms with Crippen molar-refractivity contribution in [3.05, 3.63) is 21.9 Å². The number of aliphatic hydroxyl groups excluding tert-OH is 1. The summed E-state index contributed by atoms with van der Waals surface area (Å²) < 4.78 is 5.71. The molecule has 0 spiro atoms. The van der Waals surface area contributed by atoms with Crippen LogP contribution in [0, 0.1) is 0 Å². The zero-order valence-electron chi connectivity index (χ0n) is 12.5. The largest absolute Gasteiger partial charge is 0.373 e. The Kier molecular flexibility index (Phi) is 4.35. The van der Waals surface area contributed by atoms with Crippen molar-refractivity contribution in [1.29, 1.82) is 0 Å². The highest BCUT2D eigenvalue weighted by Gasteiger charge is 2.29. The van der Waals surface area contributed by atoms with Gasteiger partial charge in [-0.15, -0.1) is 11.3 Å². The van der Waals surface area contributed by atoms with Crippen molar-refractivity contribution < 1.29 is 9.84 Å². The predicted molar refractivity (Wildman–Crippen MR) is 79.6 cm³/mol. The third kappa shape index (κ3) is 3.57. The van der Waals surface area contributed by atoms with Gasteiger partial charge in [-0.3, -0.25) is 4.90 Å². The minimum Gasteiger partial charge on any atom is -0.373 e. The molecule has 0 radical (unpaired) electrons. The van der Waals surface area contributed by atoms with E-state index in [1.54, 1.807) is 11.3 Å². The highest BCUT2D eigenvalue weighted by Crippen LogP contribution is 2.34. The maximum atomic E-state index is 10.5. The van der Waals surface area contributed by atoms with Crippen LogP contribution in [0.2, 0.25) is 0 Å². The second-order valence-electron chi connectivity index (χ2n) is 6.54. The molecule has 3 nitrogen and oxygen atoms in total. The van der Waals surface area contributed by atoms with E-state index in [1.165, 1.54) is 4.88 Å². The Morgan fingerprint density at radius 1 is 1.26 bits per heavy atom. The number of rotatable bonds is 2. The number of nitrogens with zero attached hydrogens (tertiary/aromatic N) is 1. The molecule has 19 heavy (non-hydrogen) atoms. The van der Waals surface area contributed by atoms with Crippen LogP contribution >= 0.6 is 11.3 Å². The van der Waals surface area contributed by atoms with Gasteiger partial charge in [-0.1, -0.05) is 20.8 Å². The van der Waals surface area contributed by atoms with Gasteiger partial charge in [-0.2, -0.15) is 0 Å². The van der Waals surface area contributed by atoms with Crippen molar-refractivity contribution in [1.82, 2.24) is 4.90 Å². The molecule has 1 saturated heterocycles. The summed E-state index contributed by atoms with van der Waals surface area (Å²) in [5, 5.41) is 10.5. The smallest absolute Gasteiger partial charge is 0.142 e. The molecule has 2 heterocycles. The summed E-state index contributed by atoms with van der Waals surface area (Å²) in [6.45, 7) is 12.3. The summed E-state index contributed by atoms with van der Waals surface area (Å²) in [5.41, 5.74) is 0.147. The Balaban J connectivity index is 2.11. The van der Waals surface area contributed by atoms with Gasteiger partial charge in [0.15, 0.2) is 0 Å². The molecule has 0 aliphatic carbocycles. The van der Waals surface area contributed by atoms with Crippen LogP contribution in [0.25, 0.3) is 0 Å². The first-order valence-electron chi connectivity index (χ1n) is 6.95. The number of ether oxygens (including phenoxy) is 1. The van der Waals surface area contributed by atoms with E-state index in [-0.39, 0.29) is 17.6 Å². The van der Waals surface area contributed by atoms with Gasteiger partial charge in [0.25, 0.3) is 0 Å². The van der Waals surface area contributed by atoms with Crippen molar-refractivity contribution in [3.63, 3.8) is 0 Å². The lowest BCUT2D eigenvalue weighted by Crippen LogP contribution is -2.46. The van der Waals surface area contributed by atoms with Gasteiger partial charge in [0.05, 0.1) is 12.2 Å². The molecule has 1 aromatic rings. The maximum Gasteiger partial charge on any atom is 0.142 e. The van der Waals surface area contributed by atoms with Gasteiger partial charge < -0.3 is 9.84 Å². The van der Waals surface area contributed by atoms with Crippen LogP contribution in [0.1, 0.15) is 50.6 Å². The first-order chi connectivity index (χ1) is 8.77. The standard InChI is InChI=1S/C15H25NO2S/c1-10-8-16(9-11(2)18-10)14(17)12-6-7-13(19-12)15(3,4)5/h6-7,10-11,14,17H,8-9H2,1-5H3. The Bertz CT molecular complexity index is 414. The Hall–Kier alpha value is -0.420. The number of morpholine rings is 1. The summed E-state index contributed by atoms with van der Waals surface area (Å²) in [5.74, 6) is 0. The molecular formula is C15H25NO2S. The van der Waals surface area contributed by atoms with Gasteiger partial charge in [-0.25, -0.2) is 0 Å². The summed E-state index contributed by atoms with van der Waals surface area (Å²) >= 11 is 1.71. The predicted octanol–water partition coefficient (Wildman–Crippen LogP) is 3.15. The van der Waals surface area contributed by atoms with Crippen LogP contribution in [0.15, 0.2) is 12.1 Å². The molecule has 1 aliphatic heterocycles. The first-order valence-corrected chi connectivity index (χ1v) is 7.77. The number of hydrogen-bond acceptors (Lipinski definition) is 4. The number of hydrogen-bond donors (Lipinski definition) is 1. The normalized spacial score (nSPS) is 27.5. The molecule has 0 bridgehead atoms. The number of aliphatic hydroxyl groups is 1. The molecule has 1 aromatic heterocycles. The quantitative estimate of drug-likeness (QED) is 0.905. The van der Waals surface area contributed by atoms with Gasteiger partial charge in [-0.05, 0) is 31.4 Å². The van der Waals surface area contributed by atoms with Crippen molar-refractivity contribution >= 4 is 11.3 Å². The lowest BCUT2D eigenvalue weighted by molar-refractivity contribution is -0.120. The average molecular weight is 283 g/mol. The Morgan fingerprint density at radius 2 is 1.84 bits per heavy atom. The van der Waals surface area contributed by atoms with Crippen molar-refractivity contribution in [2.24, 2.45) is 0 Å². The third-order valence-electron chi connectivity index (χ3n) is 3.41. The Labute approximate surface area is 120 Å². The molecule has 3 unspecified atom stereocenters.